The Morgan fingerprint density at radius 3 is 2.18 bits per heavy atom. The molecular weight excluding hydrogens is 698 g/mol. The van der Waals surface area contributed by atoms with Crippen molar-refractivity contribution in [2.24, 2.45) is 23.7 Å². The van der Waals surface area contributed by atoms with Crippen molar-refractivity contribution >= 4 is 51.7 Å². The SMILES string of the molecule is Cc1ccc(NN2C(=O)[C@@H]3C[C@@H]4C(=CC[C@@H]5C(=O)N(c6ccc(C(=O)O)c(O)c6)C(=O)[C@@H]54)[C@H](c4ccc(O)c5ccccc45)[C@]3(c3ccccc3)C2=O)cc1. The molecule has 5 aromatic carbocycles. The topological polar surface area (TPSA) is 165 Å². The van der Waals surface area contributed by atoms with E-state index in [9.17, 15) is 34.5 Å². The Labute approximate surface area is 315 Å². The van der Waals surface area contributed by atoms with E-state index >= 15 is 4.79 Å². The number of anilines is 2. The largest absolute Gasteiger partial charge is 0.507 e. The summed E-state index contributed by atoms with van der Waals surface area (Å²) in [5.41, 5.74) is 4.91. The minimum Gasteiger partial charge on any atom is -0.507 e. The molecule has 2 aliphatic carbocycles. The molecule has 5 aromatic rings. The van der Waals surface area contributed by atoms with Crippen LogP contribution in [0.2, 0.25) is 0 Å². The van der Waals surface area contributed by atoms with Crippen molar-refractivity contribution in [2.45, 2.75) is 31.1 Å². The van der Waals surface area contributed by atoms with E-state index in [0.29, 0.717) is 27.6 Å². The number of nitrogens with one attached hydrogen (secondary N) is 1. The van der Waals surface area contributed by atoms with E-state index < -0.39 is 70.4 Å². The van der Waals surface area contributed by atoms with Crippen LogP contribution in [0.25, 0.3) is 10.8 Å². The number of carbonyl (C=O) groups is 5. The monoisotopic (exact) mass is 733 g/mol. The highest BCUT2D eigenvalue weighted by atomic mass is 16.4. The standard InChI is InChI=1S/C44H35N3O8/c1-23-11-13-25(14-12-23)45-47-40(51)34-22-33-30(17-18-32-37(33)41(52)46(39(32)50)26-15-16-31(42(53)54)36(49)21-26)38(44(34,43(47)55)24-7-3-2-4-8-24)29-19-20-35(48)28-10-6-5-9-27(28)29/h2-17,19-21,32-34,37-38,45,48-49H,18,22H2,1H3,(H,53,54)/t32-,33+,34-,37-,38-,44+/m0/s1. The molecule has 1 saturated carbocycles. The van der Waals surface area contributed by atoms with Crippen LogP contribution in [-0.4, -0.2) is 49.9 Å². The maximum atomic E-state index is 15.5. The Morgan fingerprint density at radius 2 is 1.47 bits per heavy atom. The number of nitrogens with zero attached hydrogens (tertiary/aromatic N) is 2. The van der Waals surface area contributed by atoms with Gasteiger partial charge in [-0.25, -0.2) is 9.69 Å². The molecule has 11 nitrogen and oxygen atoms in total. The Hall–Kier alpha value is -6.75. The van der Waals surface area contributed by atoms with Gasteiger partial charge in [0.25, 0.3) is 11.8 Å². The number of carboxylic acid groups (broad SMARTS) is 1. The molecule has 55 heavy (non-hydrogen) atoms. The second kappa shape index (κ2) is 12.4. The summed E-state index contributed by atoms with van der Waals surface area (Å²) in [6.45, 7) is 1.94. The van der Waals surface area contributed by atoms with E-state index in [1.165, 1.54) is 6.07 Å². The van der Waals surface area contributed by atoms with E-state index in [0.717, 1.165) is 33.2 Å². The fraction of sp³-hybridized carbons (Fsp3) is 0.205. The van der Waals surface area contributed by atoms with Gasteiger partial charge in [-0.3, -0.25) is 24.6 Å². The van der Waals surface area contributed by atoms with Gasteiger partial charge in [-0.2, -0.15) is 5.01 Å². The molecule has 2 aliphatic heterocycles. The summed E-state index contributed by atoms with van der Waals surface area (Å²) < 4.78 is 0. The predicted octanol–water partition coefficient (Wildman–Crippen LogP) is 6.45. The van der Waals surface area contributed by atoms with Gasteiger partial charge in [-0.05, 0) is 72.5 Å². The molecule has 3 fully saturated rings. The van der Waals surface area contributed by atoms with Crippen molar-refractivity contribution in [2.75, 3.05) is 10.3 Å². The Bertz CT molecular complexity index is 2510. The number of imide groups is 2. The number of hydrogen-bond donors (Lipinski definition) is 4. The summed E-state index contributed by atoms with van der Waals surface area (Å²) in [6.07, 6.45) is 2.21. The van der Waals surface area contributed by atoms with Crippen molar-refractivity contribution in [3.63, 3.8) is 0 Å². The van der Waals surface area contributed by atoms with Crippen LogP contribution in [0.1, 0.15) is 45.8 Å². The number of hydrogen-bond acceptors (Lipinski definition) is 8. The Balaban J connectivity index is 1.25. The second-order valence-corrected chi connectivity index (χ2v) is 14.8. The van der Waals surface area contributed by atoms with E-state index in [-0.39, 0.29) is 29.8 Å². The summed E-state index contributed by atoms with van der Waals surface area (Å²) >= 11 is 0. The molecule has 2 heterocycles. The van der Waals surface area contributed by atoms with Crippen LogP contribution in [0.3, 0.4) is 0 Å². The van der Waals surface area contributed by atoms with Crippen LogP contribution in [0.4, 0.5) is 11.4 Å². The maximum absolute atomic E-state index is 15.5. The average molecular weight is 734 g/mol. The van der Waals surface area contributed by atoms with Crippen molar-refractivity contribution in [3.05, 3.63) is 143 Å². The molecule has 4 N–H and O–H groups in total. The first-order valence-corrected chi connectivity index (χ1v) is 18.1. The first-order chi connectivity index (χ1) is 26.5. The van der Waals surface area contributed by atoms with Gasteiger partial charge in [0.15, 0.2) is 0 Å². The first-order valence-electron chi connectivity index (χ1n) is 18.1. The lowest BCUT2D eigenvalue weighted by Crippen LogP contribution is -2.53. The van der Waals surface area contributed by atoms with Crippen LogP contribution in [0.5, 0.6) is 11.5 Å². The molecule has 6 atom stereocenters. The van der Waals surface area contributed by atoms with Crippen LogP contribution in [0, 0.1) is 30.6 Å². The Kier molecular flexibility index (Phi) is 7.68. The number of carboxylic acids is 1. The number of amides is 4. The number of benzene rings is 5. The van der Waals surface area contributed by atoms with E-state index in [2.05, 4.69) is 5.43 Å². The Morgan fingerprint density at radius 1 is 0.764 bits per heavy atom. The summed E-state index contributed by atoms with van der Waals surface area (Å²) in [5, 5.41) is 33.3. The molecule has 11 heteroatoms. The number of rotatable bonds is 6. The zero-order chi connectivity index (χ0) is 38.3. The minimum atomic E-state index is -1.49. The maximum Gasteiger partial charge on any atom is 0.339 e. The number of aromatic carboxylic acids is 1. The van der Waals surface area contributed by atoms with Gasteiger partial charge in [-0.1, -0.05) is 90.0 Å². The smallest absolute Gasteiger partial charge is 0.339 e. The fourth-order valence-corrected chi connectivity index (χ4v) is 9.74. The van der Waals surface area contributed by atoms with E-state index in [1.807, 2.05) is 73.7 Å². The van der Waals surface area contributed by atoms with Gasteiger partial charge in [0, 0.05) is 17.4 Å². The number of aryl methyl sites for hydroxylation is 1. The molecule has 0 spiro atoms. The van der Waals surface area contributed by atoms with Crippen molar-refractivity contribution in [1.82, 2.24) is 5.01 Å². The lowest BCUT2D eigenvalue weighted by molar-refractivity contribution is -0.138. The number of phenols is 2. The van der Waals surface area contributed by atoms with Crippen molar-refractivity contribution in [1.29, 1.82) is 0 Å². The number of allylic oxidation sites excluding steroid dienone is 2. The molecule has 9 rings (SSSR count). The quantitative estimate of drug-likeness (QED) is 0.113. The molecule has 274 valence electrons. The zero-order valence-electron chi connectivity index (χ0n) is 29.5. The van der Waals surface area contributed by atoms with Gasteiger partial charge in [-0.15, -0.1) is 0 Å². The third kappa shape index (κ3) is 4.85. The molecule has 0 unspecified atom stereocenters. The molecule has 2 saturated heterocycles. The summed E-state index contributed by atoms with van der Waals surface area (Å²) in [7, 11) is 0. The van der Waals surface area contributed by atoms with Crippen molar-refractivity contribution < 1.29 is 39.3 Å². The van der Waals surface area contributed by atoms with Gasteiger partial charge in [0.2, 0.25) is 11.8 Å². The molecule has 0 aromatic heterocycles. The molecular formula is C44H35N3O8. The summed E-state index contributed by atoms with van der Waals surface area (Å²) in [4.78, 5) is 71.8. The van der Waals surface area contributed by atoms with E-state index in [4.69, 9.17) is 0 Å². The average Bonchev–Trinajstić information content (AvgIpc) is 3.57. The number of carbonyl (C=O) groups excluding carboxylic acids is 4. The highest BCUT2D eigenvalue weighted by Crippen LogP contribution is 2.65. The van der Waals surface area contributed by atoms with Gasteiger partial charge >= 0.3 is 5.97 Å². The number of phenolic OH excluding ortho intramolecular Hbond substituents is 1. The third-order valence-electron chi connectivity index (χ3n) is 12.1. The normalized spacial score (nSPS) is 25.8. The molecule has 0 radical (unpaired) electrons. The predicted molar refractivity (Wildman–Crippen MR) is 202 cm³/mol. The molecule has 0 bridgehead atoms. The van der Waals surface area contributed by atoms with Gasteiger partial charge in [0.05, 0.1) is 34.5 Å². The van der Waals surface area contributed by atoms with Crippen LogP contribution in [-0.2, 0) is 24.6 Å². The minimum absolute atomic E-state index is 0.0459. The molecule has 4 amide bonds. The number of fused-ring (bicyclic) bond motifs is 5. The summed E-state index contributed by atoms with van der Waals surface area (Å²) in [5.74, 6) is -7.96. The summed E-state index contributed by atoms with van der Waals surface area (Å²) in [6, 6.07) is 30.8. The van der Waals surface area contributed by atoms with Crippen LogP contribution >= 0.6 is 0 Å². The van der Waals surface area contributed by atoms with Gasteiger partial charge in [0.1, 0.15) is 17.1 Å². The lowest BCUT2D eigenvalue weighted by Gasteiger charge is -2.51. The molecule has 4 aliphatic rings. The van der Waals surface area contributed by atoms with Crippen LogP contribution < -0.4 is 10.3 Å². The zero-order valence-corrected chi connectivity index (χ0v) is 29.5. The lowest BCUT2D eigenvalue weighted by atomic mass is 9.49. The van der Waals surface area contributed by atoms with Gasteiger partial charge < -0.3 is 15.3 Å². The van der Waals surface area contributed by atoms with Crippen LogP contribution in [0.15, 0.2) is 121 Å². The van der Waals surface area contributed by atoms with E-state index in [1.54, 1.807) is 30.3 Å². The first kappa shape index (κ1) is 34.0. The number of aromatic hydroxyl groups is 2. The third-order valence-corrected chi connectivity index (χ3v) is 12.1. The second-order valence-electron chi connectivity index (χ2n) is 14.8. The highest BCUT2D eigenvalue weighted by Gasteiger charge is 2.70. The number of hydrazine groups is 1. The van der Waals surface area contributed by atoms with Crippen molar-refractivity contribution in [3.8, 4) is 11.5 Å². The fourth-order valence-electron chi connectivity index (χ4n) is 9.74. The highest BCUT2D eigenvalue weighted by molar-refractivity contribution is 6.23.